The van der Waals surface area contributed by atoms with Gasteiger partial charge in [0.15, 0.2) is 5.11 Å². The van der Waals surface area contributed by atoms with Crippen LogP contribution in [0.4, 0.5) is 13.6 Å². The number of esters is 1. The Labute approximate surface area is 222 Å². The predicted molar refractivity (Wildman–Crippen MR) is 134 cm³/mol. The van der Waals surface area contributed by atoms with Gasteiger partial charge in [0.2, 0.25) is 0 Å². The second-order valence-corrected chi connectivity index (χ2v) is 9.86. The lowest BCUT2D eigenvalue weighted by molar-refractivity contribution is -0.134. The summed E-state index contributed by atoms with van der Waals surface area (Å²) < 4.78 is 38.6. The Morgan fingerprint density at radius 1 is 1.22 bits per heavy atom. The lowest BCUT2D eigenvalue weighted by Crippen LogP contribution is -2.47. The van der Waals surface area contributed by atoms with Gasteiger partial charge in [-0.3, -0.25) is 9.69 Å². The number of amides is 2. The number of benzene rings is 2. The van der Waals surface area contributed by atoms with Gasteiger partial charge in [0, 0.05) is 20.2 Å². The van der Waals surface area contributed by atoms with Crippen LogP contribution in [-0.2, 0) is 19.8 Å². The molecular formula is C25H24ClF2N3O5S. The van der Waals surface area contributed by atoms with Crippen LogP contribution in [0.3, 0.4) is 0 Å². The van der Waals surface area contributed by atoms with E-state index in [9.17, 15) is 23.2 Å². The fourth-order valence-electron chi connectivity index (χ4n) is 4.47. The average molecular weight is 552 g/mol. The molecule has 12 heteroatoms. The zero-order valence-electron chi connectivity index (χ0n) is 20.2. The Balaban J connectivity index is 1.81. The largest absolute Gasteiger partial charge is 0.465 e. The molecule has 37 heavy (non-hydrogen) atoms. The van der Waals surface area contributed by atoms with Gasteiger partial charge in [-0.05, 0) is 66.4 Å². The summed E-state index contributed by atoms with van der Waals surface area (Å²) in [5.74, 6) is -3.17. The van der Waals surface area contributed by atoms with E-state index in [1.807, 2.05) is 0 Å². The lowest BCUT2D eigenvalue weighted by atomic mass is 9.84. The van der Waals surface area contributed by atoms with Crippen LogP contribution < -0.4 is 5.32 Å². The van der Waals surface area contributed by atoms with Crippen molar-refractivity contribution in [1.29, 1.82) is 0 Å². The summed E-state index contributed by atoms with van der Waals surface area (Å²) in [4.78, 5) is 41.1. The number of carbonyl (C=O) groups is 3. The Kier molecular flexibility index (Phi) is 7.38. The van der Waals surface area contributed by atoms with Crippen LogP contribution in [0, 0.1) is 17.6 Å². The van der Waals surface area contributed by atoms with Gasteiger partial charge < -0.3 is 19.7 Å². The minimum Gasteiger partial charge on any atom is -0.465 e. The van der Waals surface area contributed by atoms with Crippen LogP contribution in [0.5, 0.6) is 0 Å². The highest BCUT2D eigenvalue weighted by atomic mass is 35.5. The van der Waals surface area contributed by atoms with Gasteiger partial charge in [0.1, 0.15) is 23.8 Å². The van der Waals surface area contributed by atoms with E-state index < -0.39 is 41.2 Å². The fraction of sp³-hybridized carbons (Fsp3) is 0.360. The van der Waals surface area contributed by atoms with Gasteiger partial charge in [0.25, 0.3) is 5.91 Å². The minimum absolute atomic E-state index is 0.0120. The lowest BCUT2D eigenvalue weighted by Gasteiger charge is -2.31. The van der Waals surface area contributed by atoms with E-state index in [1.54, 1.807) is 6.07 Å². The van der Waals surface area contributed by atoms with Gasteiger partial charge in [-0.2, -0.15) is 0 Å². The van der Waals surface area contributed by atoms with Crippen LogP contribution in [0.15, 0.2) is 36.4 Å². The highest BCUT2D eigenvalue weighted by molar-refractivity contribution is 7.80. The van der Waals surface area contributed by atoms with E-state index in [4.69, 9.17) is 33.3 Å². The number of halogens is 3. The molecule has 2 fully saturated rings. The van der Waals surface area contributed by atoms with Gasteiger partial charge in [-0.15, -0.1) is 0 Å². The molecule has 8 nitrogen and oxygen atoms in total. The molecule has 0 aromatic heterocycles. The molecule has 1 saturated heterocycles. The number of ether oxygens (including phenoxy) is 2. The van der Waals surface area contributed by atoms with Crippen molar-refractivity contribution in [2.24, 2.45) is 5.92 Å². The number of methoxy groups -OCH3 is 1. The summed E-state index contributed by atoms with van der Waals surface area (Å²) in [7, 11) is 4.20. The highest BCUT2D eigenvalue weighted by Gasteiger charge is 2.60. The molecule has 1 unspecified atom stereocenters. The first-order valence-electron chi connectivity index (χ1n) is 11.3. The number of nitrogens with zero attached hydrogens (tertiary/aromatic N) is 2. The van der Waals surface area contributed by atoms with Gasteiger partial charge >= 0.3 is 12.1 Å². The predicted octanol–water partition coefficient (Wildman–Crippen LogP) is 4.17. The number of nitrogens with one attached hydrogen (secondary N) is 1. The monoisotopic (exact) mass is 551 g/mol. The molecule has 0 bridgehead atoms. The van der Waals surface area contributed by atoms with E-state index in [1.165, 1.54) is 43.1 Å². The van der Waals surface area contributed by atoms with Crippen molar-refractivity contribution >= 4 is 46.9 Å². The topological polar surface area (TPSA) is 88.2 Å². The van der Waals surface area contributed by atoms with Gasteiger partial charge in [-0.25, -0.2) is 18.4 Å². The van der Waals surface area contributed by atoms with E-state index in [0.717, 1.165) is 18.2 Å². The molecule has 1 aliphatic carbocycles. The molecule has 1 heterocycles. The molecule has 196 valence electrons. The average Bonchev–Trinajstić information content (AvgIpc) is 3.65. The van der Waals surface area contributed by atoms with E-state index >= 15 is 0 Å². The summed E-state index contributed by atoms with van der Waals surface area (Å²) in [6.07, 6.45) is 0.612. The van der Waals surface area contributed by atoms with Crippen molar-refractivity contribution in [2.45, 2.75) is 24.4 Å². The molecule has 1 saturated carbocycles. The first-order chi connectivity index (χ1) is 17.5. The fourth-order valence-corrected chi connectivity index (χ4v) is 5.04. The molecule has 2 aromatic rings. The van der Waals surface area contributed by atoms with Gasteiger partial charge in [0.05, 0.1) is 23.7 Å². The molecule has 0 spiro atoms. The number of carbonyl (C=O) groups excluding carboxylic acids is 3. The summed E-state index contributed by atoms with van der Waals surface area (Å²) in [5, 5.41) is 3.14. The Morgan fingerprint density at radius 2 is 1.86 bits per heavy atom. The zero-order valence-corrected chi connectivity index (χ0v) is 21.8. The SMILES string of the molecule is COC(=O)c1cc([C@@H](COC(=O)N(C)C)N2C(=O)C(c3cc(F)cc(F)c3)(C3CC3)NC2=S)ccc1Cl. The quantitative estimate of drug-likeness (QED) is 0.408. The van der Waals surface area contributed by atoms with E-state index in [2.05, 4.69) is 5.32 Å². The van der Waals surface area contributed by atoms with Crippen LogP contribution >= 0.6 is 23.8 Å². The normalized spacial score (nSPS) is 19.9. The third-order valence-corrected chi connectivity index (χ3v) is 7.04. The zero-order chi connectivity index (χ0) is 27.1. The van der Waals surface area contributed by atoms with E-state index in [-0.39, 0.29) is 33.8 Å². The standard InChI is InChI=1S/C25H24ClF2N3O5S/c1-30(2)24(34)36-12-20(13-4-7-19(26)18(8-13)21(32)35-3)31-22(33)25(14-5-6-14,29-23(31)37)15-9-16(27)11-17(28)10-15/h4,7-11,14,20H,5-6,12H2,1-3H3,(H,29,37)/t20-,25?/m1/s1. The number of hydrogen-bond donors (Lipinski definition) is 1. The maximum absolute atomic E-state index is 14.2. The van der Waals surface area contributed by atoms with Crippen molar-refractivity contribution in [3.05, 3.63) is 69.7 Å². The maximum Gasteiger partial charge on any atom is 0.409 e. The highest BCUT2D eigenvalue weighted by Crippen LogP contribution is 2.50. The first kappa shape index (κ1) is 26.7. The molecule has 4 rings (SSSR count). The Hall–Kier alpha value is -3.31. The molecule has 2 aliphatic rings. The molecule has 2 atom stereocenters. The van der Waals surface area contributed by atoms with E-state index in [0.29, 0.717) is 18.4 Å². The Bertz CT molecular complexity index is 1270. The smallest absolute Gasteiger partial charge is 0.409 e. The summed E-state index contributed by atoms with van der Waals surface area (Å²) >= 11 is 11.7. The molecule has 1 aliphatic heterocycles. The second-order valence-electron chi connectivity index (χ2n) is 9.06. The van der Waals surface area contributed by atoms with Crippen molar-refractivity contribution in [3.8, 4) is 0 Å². The molecule has 0 radical (unpaired) electrons. The molecule has 2 aromatic carbocycles. The molecule has 2 amide bonds. The number of hydrogen-bond acceptors (Lipinski definition) is 6. The molecule has 1 N–H and O–H groups in total. The number of rotatable bonds is 7. The van der Waals surface area contributed by atoms with Crippen LogP contribution in [0.1, 0.15) is 40.4 Å². The van der Waals surface area contributed by atoms with Crippen molar-refractivity contribution in [1.82, 2.24) is 15.1 Å². The van der Waals surface area contributed by atoms with Crippen molar-refractivity contribution < 1.29 is 32.6 Å². The van der Waals surface area contributed by atoms with Crippen LogP contribution in [0.25, 0.3) is 0 Å². The third kappa shape index (κ3) is 4.97. The molecular weight excluding hydrogens is 528 g/mol. The maximum atomic E-state index is 14.2. The van der Waals surface area contributed by atoms with Crippen LogP contribution in [0.2, 0.25) is 5.02 Å². The minimum atomic E-state index is -1.50. The summed E-state index contributed by atoms with van der Waals surface area (Å²) in [6.45, 7) is -0.328. The third-order valence-electron chi connectivity index (χ3n) is 6.41. The van der Waals surface area contributed by atoms with Crippen molar-refractivity contribution in [2.75, 3.05) is 27.8 Å². The van der Waals surface area contributed by atoms with Gasteiger partial charge in [-0.1, -0.05) is 17.7 Å². The second kappa shape index (κ2) is 10.2. The Morgan fingerprint density at radius 3 is 2.43 bits per heavy atom. The summed E-state index contributed by atoms with van der Waals surface area (Å²) in [5.41, 5.74) is -0.970. The number of thiocarbonyl (C=S) groups is 1. The first-order valence-corrected chi connectivity index (χ1v) is 12.1. The summed E-state index contributed by atoms with van der Waals surface area (Å²) in [6, 6.07) is 6.40. The van der Waals surface area contributed by atoms with Crippen molar-refractivity contribution in [3.63, 3.8) is 0 Å². The van der Waals surface area contributed by atoms with Crippen LogP contribution in [-0.4, -0.2) is 60.7 Å².